The van der Waals surface area contributed by atoms with Crippen molar-refractivity contribution in [2.24, 2.45) is 17.8 Å². The van der Waals surface area contributed by atoms with Crippen LogP contribution < -0.4 is 5.32 Å². The van der Waals surface area contributed by atoms with Crippen LogP contribution in [0.1, 0.15) is 39.1 Å². The van der Waals surface area contributed by atoms with E-state index in [0.717, 1.165) is 42.2 Å². The number of aryl methyl sites for hydroxylation is 1. The molecule has 0 radical (unpaired) electrons. The third-order valence-electron chi connectivity index (χ3n) is 3.32. The molecule has 0 spiro atoms. The lowest BCUT2D eigenvalue weighted by molar-refractivity contribution is 0.275. The van der Waals surface area contributed by atoms with Crippen LogP contribution in [0.15, 0.2) is 6.33 Å². The molecule has 0 saturated heterocycles. The van der Waals surface area contributed by atoms with Crippen molar-refractivity contribution in [3.05, 3.63) is 17.7 Å². The monoisotopic (exact) mass is 223 g/mol. The van der Waals surface area contributed by atoms with Crippen molar-refractivity contribution in [3.63, 3.8) is 0 Å². The lowest BCUT2D eigenvalue weighted by Gasteiger charge is -2.25. The highest BCUT2D eigenvalue weighted by molar-refractivity contribution is 5.07. The topological polar surface area (TPSA) is 40.7 Å². The van der Waals surface area contributed by atoms with E-state index in [1.807, 2.05) is 0 Å². The summed E-state index contributed by atoms with van der Waals surface area (Å²) in [5.74, 6) is 2.19. The molecule has 3 heteroatoms. The van der Waals surface area contributed by atoms with E-state index in [1.165, 1.54) is 0 Å². The molecule has 1 rings (SSSR count). The van der Waals surface area contributed by atoms with Crippen molar-refractivity contribution >= 4 is 0 Å². The first-order chi connectivity index (χ1) is 7.52. The fourth-order valence-corrected chi connectivity index (χ4v) is 2.16. The van der Waals surface area contributed by atoms with Crippen LogP contribution in [-0.2, 0) is 6.54 Å². The molecule has 0 bridgehead atoms. The molecule has 0 aliphatic heterocycles. The van der Waals surface area contributed by atoms with E-state index in [0.29, 0.717) is 0 Å². The highest BCUT2D eigenvalue weighted by Crippen LogP contribution is 2.19. The predicted octanol–water partition coefficient (Wildman–Crippen LogP) is 2.74. The Labute approximate surface area is 99.1 Å². The summed E-state index contributed by atoms with van der Waals surface area (Å²) in [4.78, 5) is 7.39. The molecule has 1 aromatic heterocycles. The third kappa shape index (κ3) is 3.63. The smallest absolute Gasteiger partial charge is 0.0925 e. The molecule has 0 atom stereocenters. The zero-order chi connectivity index (χ0) is 12.1. The van der Waals surface area contributed by atoms with E-state index in [1.54, 1.807) is 6.33 Å². The molecular weight excluding hydrogens is 198 g/mol. The minimum atomic E-state index is 0.729. The number of hydrogen-bond donors (Lipinski definition) is 2. The Morgan fingerprint density at radius 1 is 1.25 bits per heavy atom. The molecule has 2 N–H and O–H groups in total. The zero-order valence-electron chi connectivity index (χ0n) is 11.2. The van der Waals surface area contributed by atoms with Gasteiger partial charge in [-0.25, -0.2) is 4.98 Å². The number of imidazole rings is 1. The Morgan fingerprint density at radius 3 is 2.31 bits per heavy atom. The van der Waals surface area contributed by atoms with Crippen molar-refractivity contribution in [2.75, 3.05) is 6.54 Å². The minimum Gasteiger partial charge on any atom is -0.348 e. The molecule has 0 amide bonds. The molecule has 0 aliphatic carbocycles. The summed E-state index contributed by atoms with van der Waals surface area (Å²) in [7, 11) is 0. The number of aromatic amines is 1. The summed E-state index contributed by atoms with van der Waals surface area (Å²) in [6.45, 7) is 13.2. The zero-order valence-corrected chi connectivity index (χ0v) is 11.2. The fraction of sp³-hybridized carbons (Fsp3) is 0.769. The van der Waals surface area contributed by atoms with Crippen LogP contribution in [0, 0.1) is 24.7 Å². The molecule has 3 nitrogen and oxygen atoms in total. The van der Waals surface area contributed by atoms with Gasteiger partial charge in [0.25, 0.3) is 0 Å². The molecule has 1 aromatic rings. The Balaban J connectivity index is 2.37. The molecule has 0 fully saturated rings. The average Bonchev–Trinajstić information content (AvgIpc) is 2.57. The van der Waals surface area contributed by atoms with Crippen molar-refractivity contribution in [2.45, 2.75) is 41.2 Å². The number of nitrogens with zero attached hydrogens (tertiary/aromatic N) is 1. The lowest BCUT2D eigenvalue weighted by Crippen LogP contribution is -2.29. The van der Waals surface area contributed by atoms with E-state index in [-0.39, 0.29) is 0 Å². The number of hydrogen-bond acceptors (Lipinski definition) is 2. The lowest BCUT2D eigenvalue weighted by atomic mass is 9.85. The molecule has 16 heavy (non-hydrogen) atoms. The van der Waals surface area contributed by atoms with Gasteiger partial charge in [0.15, 0.2) is 0 Å². The summed E-state index contributed by atoms with van der Waals surface area (Å²) in [6.07, 6.45) is 1.76. The SMILES string of the molecule is Cc1[nH]cnc1CNCC(C(C)C)C(C)C. The fourth-order valence-electron chi connectivity index (χ4n) is 2.16. The van der Waals surface area contributed by atoms with Crippen LogP contribution in [0.3, 0.4) is 0 Å². The summed E-state index contributed by atoms with van der Waals surface area (Å²) >= 11 is 0. The summed E-state index contributed by atoms with van der Waals surface area (Å²) < 4.78 is 0. The van der Waals surface area contributed by atoms with Crippen LogP contribution in [0.2, 0.25) is 0 Å². The van der Waals surface area contributed by atoms with E-state index < -0.39 is 0 Å². The van der Waals surface area contributed by atoms with Crippen LogP contribution in [-0.4, -0.2) is 16.5 Å². The first-order valence-corrected chi connectivity index (χ1v) is 6.22. The van der Waals surface area contributed by atoms with Crippen LogP contribution in [0.4, 0.5) is 0 Å². The van der Waals surface area contributed by atoms with Gasteiger partial charge in [-0.2, -0.15) is 0 Å². The molecule has 1 heterocycles. The summed E-state index contributed by atoms with van der Waals surface area (Å²) in [5, 5.41) is 3.51. The van der Waals surface area contributed by atoms with Crippen molar-refractivity contribution in [3.8, 4) is 0 Å². The molecular formula is C13H25N3. The van der Waals surface area contributed by atoms with Crippen molar-refractivity contribution in [1.82, 2.24) is 15.3 Å². The van der Waals surface area contributed by atoms with Gasteiger partial charge in [-0.15, -0.1) is 0 Å². The van der Waals surface area contributed by atoms with Crippen molar-refractivity contribution in [1.29, 1.82) is 0 Å². The first kappa shape index (κ1) is 13.2. The van der Waals surface area contributed by atoms with E-state index in [2.05, 4.69) is 49.9 Å². The maximum absolute atomic E-state index is 4.28. The second kappa shape index (κ2) is 6.04. The summed E-state index contributed by atoms with van der Waals surface area (Å²) in [5.41, 5.74) is 2.30. The van der Waals surface area contributed by atoms with E-state index >= 15 is 0 Å². The second-order valence-electron chi connectivity index (χ2n) is 5.26. The summed E-state index contributed by atoms with van der Waals surface area (Å²) in [6, 6.07) is 0. The van der Waals surface area contributed by atoms with Gasteiger partial charge in [-0.05, 0) is 31.2 Å². The molecule has 92 valence electrons. The van der Waals surface area contributed by atoms with E-state index in [4.69, 9.17) is 0 Å². The van der Waals surface area contributed by atoms with Crippen LogP contribution in [0.25, 0.3) is 0 Å². The Bertz CT molecular complexity index is 294. The average molecular weight is 223 g/mol. The van der Waals surface area contributed by atoms with Crippen LogP contribution >= 0.6 is 0 Å². The highest BCUT2D eigenvalue weighted by atomic mass is 14.9. The number of rotatable bonds is 6. The Hall–Kier alpha value is -0.830. The number of aromatic nitrogens is 2. The van der Waals surface area contributed by atoms with Gasteiger partial charge in [-0.3, -0.25) is 0 Å². The quantitative estimate of drug-likeness (QED) is 0.778. The van der Waals surface area contributed by atoms with Gasteiger partial charge in [-0.1, -0.05) is 27.7 Å². The largest absolute Gasteiger partial charge is 0.348 e. The van der Waals surface area contributed by atoms with Gasteiger partial charge >= 0.3 is 0 Å². The van der Waals surface area contributed by atoms with Gasteiger partial charge in [0.05, 0.1) is 12.0 Å². The Kier molecular flexibility index (Phi) is 5.00. The first-order valence-electron chi connectivity index (χ1n) is 6.22. The number of nitrogens with one attached hydrogen (secondary N) is 2. The number of H-pyrrole nitrogens is 1. The molecule has 0 unspecified atom stereocenters. The van der Waals surface area contributed by atoms with E-state index in [9.17, 15) is 0 Å². The minimum absolute atomic E-state index is 0.729. The normalized spacial score (nSPS) is 12.0. The van der Waals surface area contributed by atoms with Gasteiger partial charge < -0.3 is 10.3 Å². The maximum Gasteiger partial charge on any atom is 0.0925 e. The molecule has 0 saturated carbocycles. The molecule has 0 aromatic carbocycles. The predicted molar refractivity (Wildman–Crippen MR) is 68.2 cm³/mol. The van der Waals surface area contributed by atoms with Crippen molar-refractivity contribution < 1.29 is 0 Å². The third-order valence-corrected chi connectivity index (χ3v) is 3.32. The Morgan fingerprint density at radius 2 is 1.88 bits per heavy atom. The van der Waals surface area contributed by atoms with Gasteiger partial charge in [0.1, 0.15) is 0 Å². The van der Waals surface area contributed by atoms with Gasteiger partial charge in [0.2, 0.25) is 0 Å². The van der Waals surface area contributed by atoms with Gasteiger partial charge in [0, 0.05) is 12.2 Å². The maximum atomic E-state index is 4.28. The highest BCUT2D eigenvalue weighted by Gasteiger charge is 2.16. The standard InChI is InChI=1S/C13H25N3/c1-9(2)12(10(3)4)6-14-7-13-11(5)15-8-16-13/h8-10,12,14H,6-7H2,1-5H3,(H,15,16). The second-order valence-corrected chi connectivity index (χ2v) is 5.26. The molecule has 0 aliphatic rings. The van der Waals surface area contributed by atoms with Crippen LogP contribution in [0.5, 0.6) is 0 Å².